The summed E-state index contributed by atoms with van der Waals surface area (Å²) in [6.07, 6.45) is 5.81. The minimum absolute atomic E-state index is 0.176. The van der Waals surface area contributed by atoms with Crippen molar-refractivity contribution < 1.29 is 9.32 Å². The van der Waals surface area contributed by atoms with Crippen molar-refractivity contribution >= 4 is 5.91 Å². The van der Waals surface area contributed by atoms with E-state index in [1.54, 1.807) is 0 Å². The molecule has 0 spiro atoms. The van der Waals surface area contributed by atoms with Crippen LogP contribution in [0.4, 0.5) is 0 Å². The van der Waals surface area contributed by atoms with Crippen LogP contribution in [-0.2, 0) is 11.2 Å². The van der Waals surface area contributed by atoms with Gasteiger partial charge in [-0.15, -0.1) is 0 Å². The quantitative estimate of drug-likeness (QED) is 0.799. The summed E-state index contributed by atoms with van der Waals surface area (Å²) >= 11 is 0. The van der Waals surface area contributed by atoms with Crippen molar-refractivity contribution in [3.05, 3.63) is 12.2 Å². The van der Waals surface area contributed by atoms with Gasteiger partial charge in [-0.05, 0) is 32.4 Å². The van der Waals surface area contributed by atoms with Crippen LogP contribution in [0.2, 0.25) is 0 Å². The number of piperidine rings is 1. The van der Waals surface area contributed by atoms with Crippen LogP contribution >= 0.6 is 0 Å². The van der Waals surface area contributed by atoms with Gasteiger partial charge in [-0.1, -0.05) is 18.5 Å². The average molecular weight is 266 g/mol. The number of rotatable bonds is 6. The lowest BCUT2D eigenvalue weighted by Gasteiger charge is -2.36. The number of hydrogen-bond donors (Lipinski definition) is 2. The van der Waals surface area contributed by atoms with Crippen LogP contribution in [0.15, 0.2) is 10.9 Å². The molecule has 0 atom stereocenters. The first-order valence-electron chi connectivity index (χ1n) is 7.01. The van der Waals surface area contributed by atoms with Crippen LogP contribution in [-0.4, -0.2) is 35.7 Å². The van der Waals surface area contributed by atoms with E-state index in [2.05, 4.69) is 27.7 Å². The van der Waals surface area contributed by atoms with Crippen LogP contribution in [0.5, 0.6) is 0 Å². The molecule has 2 heterocycles. The Balaban J connectivity index is 1.85. The van der Waals surface area contributed by atoms with Gasteiger partial charge in [0.05, 0.1) is 5.41 Å². The van der Waals surface area contributed by atoms with E-state index in [0.717, 1.165) is 38.8 Å². The van der Waals surface area contributed by atoms with Crippen molar-refractivity contribution in [2.45, 2.75) is 39.0 Å². The van der Waals surface area contributed by atoms with Crippen LogP contribution in [0.3, 0.4) is 0 Å². The van der Waals surface area contributed by atoms with Crippen LogP contribution < -0.4 is 10.6 Å². The Morgan fingerprint density at radius 2 is 2.32 bits per heavy atom. The second kappa shape index (κ2) is 6.65. The van der Waals surface area contributed by atoms with E-state index in [0.29, 0.717) is 18.9 Å². The molecular formula is C13H22N4O2. The van der Waals surface area contributed by atoms with Gasteiger partial charge in [0.25, 0.3) is 0 Å². The average Bonchev–Trinajstić information content (AvgIpc) is 2.93. The summed E-state index contributed by atoms with van der Waals surface area (Å²) in [5.41, 5.74) is -0.186. The normalized spacial score (nSPS) is 18.2. The zero-order valence-electron chi connectivity index (χ0n) is 11.4. The van der Waals surface area contributed by atoms with Crippen LogP contribution in [0.25, 0.3) is 0 Å². The molecule has 1 aromatic heterocycles. The van der Waals surface area contributed by atoms with Gasteiger partial charge in [-0.3, -0.25) is 4.79 Å². The minimum Gasteiger partial charge on any atom is -0.355 e. The maximum absolute atomic E-state index is 12.4. The third-order valence-electron chi connectivity index (χ3n) is 3.80. The van der Waals surface area contributed by atoms with Gasteiger partial charge in [0.15, 0.2) is 6.33 Å². The molecule has 0 saturated carbocycles. The summed E-state index contributed by atoms with van der Waals surface area (Å²) in [6.45, 7) is 4.55. The summed E-state index contributed by atoms with van der Waals surface area (Å²) in [6, 6.07) is 0. The second-order valence-corrected chi connectivity index (χ2v) is 5.12. The molecule has 0 unspecified atom stereocenters. The summed E-state index contributed by atoms with van der Waals surface area (Å²) in [5.74, 6) is 0.741. The van der Waals surface area contributed by atoms with E-state index in [4.69, 9.17) is 4.52 Å². The van der Waals surface area contributed by atoms with Gasteiger partial charge in [-0.2, -0.15) is 4.98 Å². The molecule has 1 saturated heterocycles. The molecule has 0 radical (unpaired) electrons. The molecule has 6 heteroatoms. The highest BCUT2D eigenvalue weighted by atomic mass is 16.5. The highest BCUT2D eigenvalue weighted by Crippen LogP contribution is 2.34. The van der Waals surface area contributed by atoms with Crippen molar-refractivity contribution in [3.63, 3.8) is 0 Å². The van der Waals surface area contributed by atoms with Crippen LogP contribution in [0.1, 0.15) is 38.5 Å². The lowest BCUT2D eigenvalue weighted by molar-refractivity contribution is -0.133. The fourth-order valence-corrected chi connectivity index (χ4v) is 2.75. The molecule has 1 fully saturated rings. The highest BCUT2D eigenvalue weighted by Gasteiger charge is 2.38. The molecule has 0 aromatic carbocycles. The Labute approximate surface area is 113 Å². The zero-order chi connectivity index (χ0) is 13.6. The summed E-state index contributed by atoms with van der Waals surface area (Å²) in [5, 5.41) is 9.89. The number of carbonyl (C=O) groups is 1. The molecule has 2 rings (SSSR count). The van der Waals surface area contributed by atoms with Crippen LogP contribution in [0, 0.1) is 5.41 Å². The monoisotopic (exact) mass is 266 g/mol. The highest BCUT2D eigenvalue weighted by molar-refractivity contribution is 5.82. The maximum atomic E-state index is 12.4. The largest absolute Gasteiger partial charge is 0.355 e. The van der Waals surface area contributed by atoms with E-state index in [1.807, 2.05) is 0 Å². The summed E-state index contributed by atoms with van der Waals surface area (Å²) in [7, 11) is 0. The Kier molecular flexibility index (Phi) is 4.90. The number of nitrogens with one attached hydrogen (secondary N) is 2. The fourth-order valence-electron chi connectivity index (χ4n) is 2.75. The number of amides is 1. The van der Waals surface area contributed by atoms with Gasteiger partial charge in [-0.25, -0.2) is 0 Å². The Morgan fingerprint density at radius 3 is 2.95 bits per heavy atom. The molecule has 0 bridgehead atoms. The SMILES string of the molecule is CCCC1(C(=O)NCCc2ncno2)CCNCC1. The third kappa shape index (κ3) is 3.53. The smallest absolute Gasteiger partial charge is 0.228 e. The molecule has 2 N–H and O–H groups in total. The molecule has 106 valence electrons. The van der Waals surface area contributed by atoms with Gasteiger partial charge in [0, 0.05) is 13.0 Å². The fraction of sp³-hybridized carbons (Fsp3) is 0.769. The molecule has 19 heavy (non-hydrogen) atoms. The number of aromatic nitrogens is 2. The summed E-state index contributed by atoms with van der Waals surface area (Å²) < 4.78 is 4.91. The van der Waals surface area contributed by atoms with Crippen molar-refractivity contribution in [2.24, 2.45) is 5.41 Å². The number of nitrogens with zero attached hydrogens (tertiary/aromatic N) is 2. The first kappa shape index (κ1) is 14.0. The van der Waals surface area contributed by atoms with Crippen molar-refractivity contribution in [2.75, 3.05) is 19.6 Å². The number of carbonyl (C=O) groups excluding carboxylic acids is 1. The van der Waals surface area contributed by atoms with Gasteiger partial charge >= 0.3 is 0 Å². The number of hydrogen-bond acceptors (Lipinski definition) is 5. The Bertz CT molecular complexity index is 380. The predicted octanol–water partition coefficient (Wildman–Crippen LogP) is 0.898. The predicted molar refractivity (Wildman–Crippen MR) is 70.5 cm³/mol. The Hall–Kier alpha value is -1.43. The second-order valence-electron chi connectivity index (χ2n) is 5.12. The lowest BCUT2D eigenvalue weighted by atomic mass is 9.74. The lowest BCUT2D eigenvalue weighted by Crippen LogP contribution is -2.48. The van der Waals surface area contributed by atoms with E-state index in [1.165, 1.54) is 6.33 Å². The molecule has 1 aromatic rings. The molecular weight excluding hydrogens is 244 g/mol. The van der Waals surface area contributed by atoms with E-state index in [-0.39, 0.29) is 11.3 Å². The van der Waals surface area contributed by atoms with Crippen molar-refractivity contribution in [1.29, 1.82) is 0 Å². The van der Waals surface area contributed by atoms with E-state index in [9.17, 15) is 4.79 Å². The standard InChI is InChI=1S/C13H22N4O2/c1-2-4-13(5-8-14-9-6-13)12(18)15-7-3-11-16-10-17-19-11/h10,14H,2-9H2,1H3,(H,15,18). The van der Waals surface area contributed by atoms with Crippen molar-refractivity contribution in [3.8, 4) is 0 Å². The molecule has 1 aliphatic rings. The van der Waals surface area contributed by atoms with Gasteiger partial charge < -0.3 is 15.2 Å². The van der Waals surface area contributed by atoms with E-state index < -0.39 is 0 Å². The topological polar surface area (TPSA) is 80.1 Å². The molecule has 1 amide bonds. The molecule has 0 aliphatic carbocycles. The van der Waals surface area contributed by atoms with E-state index >= 15 is 0 Å². The summed E-state index contributed by atoms with van der Waals surface area (Å²) in [4.78, 5) is 16.4. The maximum Gasteiger partial charge on any atom is 0.228 e. The van der Waals surface area contributed by atoms with Crippen molar-refractivity contribution in [1.82, 2.24) is 20.8 Å². The Morgan fingerprint density at radius 1 is 1.53 bits per heavy atom. The van der Waals surface area contributed by atoms with Gasteiger partial charge in [0.2, 0.25) is 11.8 Å². The molecule has 6 nitrogen and oxygen atoms in total. The zero-order valence-corrected chi connectivity index (χ0v) is 11.4. The molecule has 1 aliphatic heterocycles. The first-order chi connectivity index (χ1) is 9.27. The third-order valence-corrected chi connectivity index (χ3v) is 3.80. The minimum atomic E-state index is -0.186. The first-order valence-corrected chi connectivity index (χ1v) is 7.01. The van der Waals surface area contributed by atoms with Gasteiger partial charge in [0.1, 0.15) is 0 Å².